The van der Waals surface area contributed by atoms with Gasteiger partial charge in [0.2, 0.25) is 0 Å². The van der Waals surface area contributed by atoms with E-state index in [1.165, 1.54) is 5.56 Å². The lowest BCUT2D eigenvalue weighted by Crippen LogP contribution is -2.43. The van der Waals surface area contributed by atoms with Crippen molar-refractivity contribution in [1.29, 1.82) is 0 Å². The van der Waals surface area contributed by atoms with Crippen LogP contribution in [0.25, 0.3) is 0 Å². The molecule has 23 heavy (non-hydrogen) atoms. The maximum atomic E-state index is 12.6. The molecule has 4 nitrogen and oxygen atoms in total. The Balaban J connectivity index is 2.31. The zero-order valence-corrected chi connectivity index (χ0v) is 14.5. The van der Waals surface area contributed by atoms with Crippen molar-refractivity contribution in [3.8, 4) is 0 Å². The molecule has 4 heteroatoms. The summed E-state index contributed by atoms with van der Waals surface area (Å²) in [5.74, 6) is 0.461. The first-order chi connectivity index (χ1) is 10.8. The maximum absolute atomic E-state index is 12.6. The normalized spacial score (nSPS) is 11.2. The van der Waals surface area contributed by atoms with E-state index in [-0.39, 0.29) is 11.4 Å². The molecule has 1 aromatic heterocycles. The lowest BCUT2D eigenvalue weighted by molar-refractivity contribution is 0.0912. The summed E-state index contributed by atoms with van der Waals surface area (Å²) in [6, 6.07) is 9.63. The van der Waals surface area contributed by atoms with Gasteiger partial charge >= 0.3 is 0 Å². The van der Waals surface area contributed by atoms with Crippen molar-refractivity contribution in [2.75, 3.05) is 5.32 Å². The molecular weight excluding hydrogens is 286 g/mol. The Hall–Kier alpha value is -2.36. The summed E-state index contributed by atoms with van der Waals surface area (Å²) >= 11 is 0. The van der Waals surface area contributed by atoms with Gasteiger partial charge in [0.1, 0.15) is 5.82 Å². The molecule has 1 aromatic carbocycles. The molecule has 0 spiro atoms. The van der Waals surface area contributed by atoms with Crippen LogP contribution in [0.4, 0.5) is 11.5 Å². The molecule has 0 saturated carbocycles. The molecule has 0 saturated heterocycles. The van der Waals surface area contributed by atoms with Crippen LogP contribution in [-0.2, 0) is 0 Å². The van der Waals surface area contributed by atoms with Gasteiger partial charge in [-0.1, -0.05) is 19.1 Å². The number of benzene rings is 1. The van der Waals surface area contributed by atoms with E-state index in [1.54, 1.807) is 18.3 Å². The Morgan fingerprint density at radius 3 is 2.61 bits per heavy atom. The highest BCUT2D eigenvalue weighted by Gasteiger charge is 2.21. The van der Waals surface area contributed by atoms with Crippen molar-refractivity contribution in [3.63, 3.8) is 0 Å². The van der Waals surface area contributed by atoms with Crippen molar-refractivity contribution >= 4 is 17.4 Å². The predicted molar refractivity (Wildman–Crippen MR) is 95.3 cm³/mol. The van der Waals surface area contributed by atoms with Crippen molar-refractivity contribution in [2.24, 2.45) is 0 Å². The van der Waals surface area contributed by atoms with E-state index < -0.39 is 0 Å². The van der Waals surface area contributed by atoms with Crippen molar-refractivity contribution in [1.82, 2.24) is 10.3 Å². The second-order valence-corrected chi connectivity index (χ2v) is 6.46. The lowest BCUT2D eigenvalue weighted by atomic mass is 10.0. The second-order valence-electron chi connectivity index (χ2n) is 6.46. The third-order valence-corrected chi connectivity index (χ3v) is 4.25. The van der Waals surface area contributed by atoms with Gasteiger partial charge in [-0.2, -0.15) is 0 Å². The van der Waals surface area contributed by atoms with Gasteiger partial charge in [0.05, 0.1) is 5.56 Å². The molecule has 2 N–H and O–H groups in total. The largest absolute Gasteiger partial charge is 0.347 e. The molecule has 2 aromatic rings. The predicted octanol–water partition coefficient (Wildman–Crippen LogP) is 4.36. The number of rotatable bonds is 5. The number of carbonyl (C=O) groups is 1. The minimum absolute atomic E-state index is 0.113. The van der Waals surface area contributed by atoms with Crippen LogP contribution in [0.5, 0.6) is 0 Å². The smallest absolute Gasteiger partial charge is 0.255 e. The number of amides is 1. The highest BCUT2D eigenvalue weighted by molar-refractivity contribution is 5.99. The van der Waals surface area contributed by atoms with Crippen LogP contribution in [0.15, 0.2) is 36.5 Å². The first-order valence-electron chi connectivity index (χ1n) is 7.95. The van der Waals surface area contributed by atoms with Crippen molar-refractivity contribution < 1.29 is 4.79 Å². The fraction of sp³-hybridized carbons (Fsp3) is 0.368. The van der Waals surface area contributed by atoms with E-state index >= 15 is 0 Å². The van der Waals surface area contributed by atoms with Crippen molar-refractivity contribution in [3.05, 3.63) is 53.2 Å². The molecule has 0 aliphatic heterocycles. The van der Waals surface area contributed by atoms with Gasteiger partial charge in [0.25, 0.3) is 5.91 Å². The molecule has 0 radical (unpaired) electrons. The number of hydrogen-bond acceptors (Lipinski definition) is 3. The SMILES string of the molecule is CCC(C)(C)NC(=O)c1cccnc1Nc1cccc(C)c1C. The Morgan fingerprint density at radius 1 is 1.17 bits per heavy atom. The average Bonchev–Trinajstić information content (AvgIpc) is 2.52. The summed E-state index contributed by atoms with van der Waals surface area (Å²) in [4.78, 5) is 16.9. The standard InChI is InChI=1S/C19H25N3O/c1-6-19(4,5)22-18(23)15-10-8-12-20-17(15)21-16-11-7-9-13(2)14(16)3/h7-12H,6H2,1-5H3,(H,20,21)(H,22,23). The summed E-state index contributed by atoms with van der Waals surface area (Å²) < 4.78 is 0. The van der Waals surface area contributed by atoms with Crippen LogP contribution in [0.2, 0.25) is 0 Å². The van der Waals surface area contributed by atoms with Gasteiger partial charge in [0.15, 0.2) is 0 Å². The topological polar surface area (TPSA) is 54.0 Å². The third-order valence-electron chi connectivity index (χ3n) is 4.25. The maximum Gasteiger partial charge on any atom is 0.255 e. The van der Waals surface area contributed by atoms with Crippen LogP contribution in [0.1, 0.15) is 48.7 Å². The monoisotopic (exact) mass is 311 g/mol. The highest BCUT2D eigenvalue weighted by atomic mass is 16.1. The Morgan fingerprint density at radius 2 is 1.91 bits per heavy atom. The number of nitrogens with zero attached hydrogens (tertiary/aromatic N) is 1. The summed E-state index contributed by atoms with van der Waals surface area (Å²) in [6.45, 7) is 10.2. The Bertz CT molecular complexity index is 708. The third kappa shape index (κ3) is 4.09. The molecule has 0 aliphatic carbocycles. The number of pyridine rings is 1. The van der Waals surface area contributed by atoms with E-state index in [9.17, 15) is 4.79 Å². The fourth-order valence-corrected chi connectivity index (χ4v) is 2.17. The molecule has 1 amide bonds. The van der Waals surface area contributed by atoms with E-state index in [0.29, 0.717) is 11.4 Å². The summed E-state index contributed by atoms with van der Waals surface area (Å²) in [5, 5.41) is 6.35. The van der Waals surface area contributed by atoms with Gasteiger partial charge in [-0.3, -0.25) is 4.79 Å². The van der Waals surface area contributed by atoms with Crippen LogP contribution in [0.3, 0.4) is 0 Å². The van der Waals surface area contributed by atoms with E-state index in [1.807, 2.05) is 26.0 Å². The van der Waals surface area contributed by atoms with Crippen molar-refractivity contribution in [2.45, 2.75) is 46.6 Å². The molecule has 0 atom stereocenters. The first-order valence-corrected chi connectivity index (χ1v) is 7.95. The van der Waals surface area contributed by atoms with Crippen LogP contribution in [-0.4, -0.2) is 16.4 Å². The second kappa shape index (κ2) is 6.82. The van der Waals surface area contributed by atoms with Crippen LogP contribution in [0, 0.1) is 13.8 Å². The van der Waals surface area contributed by atoms with E-state index in [4.69, 9.17) is 0 Å². The number of carbonyl (C=O) groups excluding carboxylic acids is 1. The molecule has 122 valence electrons. The molecule has 0 aliphatic rings. The van der Waals surface area contributed by atoms with Gasteiger partial charge in [0, 0.05) is 17.4 Å². The number of aryl methyl sites for hydroxylation is 1. The Labute approximate surface area is 138 Å². The summed E-state index contributed by atoms with van der Waals surface area (Å²) in [5.41, 5.74) is 3.62. The summed E-state index contributed by atoms with van der Waals surface area (Å²) in [6.07, 6.45) is 2.55. The van der Waals surface area contributed by atoms with Gasteiger partial charge in [-0.25, -0.2) is 4.98 Å². The van der Waals surface area contributed by atoms with Gasteiger partial charge in [-0.05, 0) is 63.4 Å². The van der Waals surface area contributed by atoms with Crippen LogP contribution < -0.4 is 10.6 Å². The molecule has 1 heterocycles. The fourth-order valence-electron chi connectivity index (χ4n) is 2.17. The van der Waals surface area contributed by atoms with Gasteiger partial charge < -0.3 is 10.6 Å². The highest BCUT2D eigenvalue weighted by Crippen LogP contribution is 2.24. The number of aromatic nitrogens is 1. The van der Waals surface area contributed by atoms with Gasteiger partial charge in [-0.15, -0.1) is 0 Å². The number of anilines is 2. The van der Waals surface area contributed by atoms with Crippen LogP contribution >= 0.6 is 0 Å². The summed E-state index contributed by atoms with van der Waals surface area (Å²) in [7, 11) is 0. The molecule has 0 bridgehead atoms. The first kappa shape index (κ1) is 17.0. The Kier molecular flexibility index (Phi) is 5.04. The zero-order valence-electron chi connectivity index (χ0n) is 14.5. The zero-order chi connectivity index (χ0) is 17.0. The molecule has 2 rings (SSSR count). The number of nitrogens with one attached hydrogen (secondary N) is 2. The lowest BCUT2D eigenvalue weighted by Gasteiger charge is -2.25. The number of hydrogen-bond donors (Lipinski definition) is 2. The minimum atomic E-state index is -0.247. The van der Waals surface area contributed by atoms with E-state index in [0.717, 1.165) is 17.7 Å². The molecule has 0 unspecified atom stereocenters. The average molecular weight is 311 g/mol. The minimum Gasteiger partial charge on any atom is -0.347 e. The van der Waals surface area contributed by atoms with E-state index in [2.05, 4.69) is 42.5 Å². The molecule has 0 fully saturated rings. The quantitative estimate of drug-likeness (QED) is 0.862. The molecular formula is C19H25N3O.